The van der Waals surface area contributed by atoms with Gasteiger partial charge in [-0.1, -0.05) is 67.6 Å². The zero-order chi connectivity index (χ0) is 24.3. The van der Waals surface area contributed by atoms with Crippen LogP contribution in [0.25, 0.3) is 11.1 Å². The van der Waals surface area contributed by atoms with Crippen molar-refractivity contribution in [3.05, 3.63) is 71.8 Å². The zero-order valence-corrected chi connectivity index (χ0v) is 19.4. The molecule has 2 aromatic rings. The fourth-order valence-electron chi connectivity index (χ4n) is 4.67. The Labute approximate surface area is 199 Å². The molecule has 1 unspecified atom stereocenters. The molecule has 0 spiro atoms. The maximum Gasteiger partial charge on any atom is 0.407 e. The molecular formula is C27H30N2O5. The summed E-state index contributed by atoms with van der Waals surface area (Å²) in [5.74, 6) is -1.84. The van der Waals surface area contributed by atoms with E-state index in [1.807, 2.05) is 36.4 Å². The second-order valence-electron chi connectivity index (χ2n) is 9.15. The fourth-order valence-corrected chi connectivity index (χ4v) is 4.67. The van der Waals surface area contributed by atoms with Gasteiger partial charge in [0.1, 0.15) is 12.1 Å². The van der Waals surface area contributed by atoms with Crippen LogP contribution in [0.15, 0.2) is 60.7 Å². The highest BCUT2D eigenvalue weighted by molar-refractivity contribution is 5.88. The summed E-state index contributed by atoms with van der Waals surface area (Å²) in [5, 5.41) is 14.9. The summed E-state index contributed by atoms with van der Waals surface area (Å²) in [5.41, 5.74) is 3.30. The summed E-state index contributed by atoms with van der Waals surface area (Å²) < 4.78 is 5.61. The molecule has 2 amide bonds. The average molecular weight is 463 g/mol. The van der Waals surface area contributed by atoms with E-state index in [0.717, 1.165) is 22.3 Å². The third kappa shape index (κ3) is 4.69. The summed E-state index contributed by atoms with van der Waals surface area (Å²) in [7, 11) is 0. The lowest BCUT2D eigenvalue weighted by molar-refractivity contribution is -0.147. The smallest absolute Gasteiger partial charge is 0.407 e. The average Bonchev–Trinajstić information content (AvgIpc) is 3.16. The van der Waals surface area contributed by atoms with Crippen LogP contribution >= 0.6 is 0 Å². The molecule has 178 valence electrons. The molecule has 0 saturated heterocycles. The van der Waals surface area contributed by atoms with Crippen molar-refractivity contribution in [2.45, 2.75) is 50.6 Å². The van der Waals surface area contributed by atoms with Crippen molar-refractivity contribution < 1.29 is 24.2 Å². The van der Waals surface area contributed by atoms with Crippen LogP contribution in [0.4, 0.5) is 4.79 Å². The summed E-state index contributed by atoms with van der Waals surface area (Å²) in [6.45, 7) is 3.43. The normalized spacial score (nSPS) is 20.5. The Hall–Kier alpha value is -3.61. The van der Waals surface area contributed by atoms with E-state index in [0.29, 0.717) is 12.8 Å². The number of benzene rings is 2. The molecule has 0 fully saturated rings. The van der Waals surface area contributed by atoms with Crippen molar-refractivity contribution in [1.29, 1.82) is 0 Å². The SMILES string of the molecule is CCC(C)(NC(=O)[C@@H]1CC=C[C@@H](NC(=O)OCC2c3ccccc3-c3ccccc32)C1)C(=O)O. The molecule has 3 atom stereocenters. The number of hydrogen-bond acceptors (Lipinski definition) is 4. The molecule has 34 heavy (non-hydrogen) atoms. The summed E-state index contributed by atoms with van der Waals surface area (Å²) in [6.07, 6.45) is 4.30. The predicted octanol–water partition coefficient (Wildman–Crippen LogP) is 4.23. The third-order valence-electron chi connectivity index (χ3n) is 6.92. The molecule has 0 bridgehead atoms. The Morgan fingerprint density at radius 1 is 1.06 bits per heavy atom. The standard InChI is InChI=1S/C27H30N2O5/c1-3-27(2,25(31)32)29-24(30)17-9-8-10-18(15-17)28-26(33)34-16-23-21-13-6-4-11-19(21)20-12-5-7-14-22(20)23/h4-8,10-14,17-18,23H,3,9,15-16H2,1-2H3,(H,28,33)(H,29,30)(H,31,32)/t17-,18-,27?/m1/s1. The molecule has 0 heterocycles. The third-order valence-corrected chi connectivity index (χ3v) is 6.92. The molecule has 0 aliphatic heterocycles. The van der Waals surface area contributed by atoms with Crippen molar-refractivity contribution >= 4 is 18.0 Å². The highest BCUT2D eigenvalue weighted by Gasteiger charge is 2.36. The predicted molar refractivity (Wildman–Crippen MR) is 128 cm³/mol. The van der Waals surface area contributed by atoms with Gasteiger partial charge in [-0.25, -0.2) is 9.59 Å². The minimum absolute atomic E-state index is 0.0266. The molecule has 7 heteroatoms. The van der Waals surface area contributed by atoms with Gasteiger partial charge in [0.25, 0.3) is 0 Å². The summed E-state index contributed by atoms with van der Waals surface area (Å²) in [4.78, 5) is 36.8. The number of carboxylic acid groups (broad SMARTS) is 1. The first-order valence-electron chi connectivity index (χ1n) is 11.7. The quantitative estimate of drug-likeness (QED) is 0.534. The number of carbonyl (C=O) groups is 3. The number of nitrogens with one attached hydrogen (secondary N) is 2. The maximum atomic E-state index is 12.7. The van der Waals surface area contributed by atoms with Crippen LogP contribution < -0.4 is 10.6 Å². The highest BCUT2D eigenvalue weighted by Crippen LogP contribution is 2.44. The summed E-state index contributed by atoms with van der Waals surface area (Å²) >= 11 is 0. The van der Waals surface area contributed by atoms with Gasteiger partial charge in [0.05, 0.1) is 6.04 Å². The minimum atomic E-state index is -1.31. The van der Waals surface area contributed by atoms with Crippen LogP contribution in [0.5, 0.6) is 0 Å². The van der Waals surface area contributed by atoms with Crippen molar-refractivity contribution in [3.8, 4) is 11.1 Å². The Balaban J connectivity index is 1.34. The number of carboxylic acids is 1. The lowest BCUT2D eigenvalue weighted by atomic mass is 9.88. The van der Waals surface area contributed by atoms with E-state index in [9.17, 15) is 19.5 Å². The van der Waals surface area contributed by atoms with Gasteiger partial charge in [0.15, 0.2) is 0 Å². The number of fused-ring (bicyclic) bond motifs is 3. The molecule has 0 radical (unpaired) electrons. The molecule has 2 aliphatic rings. The van der Waals surface area contributed by atoms with E-state index in [4.69, 9.17) is 4.74 Å². The second kappa shape index (κ2) is 9.71. The number of ether oxygens (including phenoxy) is 1. The van der Waals surface area contributed by atoms with Crippen LogP contribution in [-0.2, 0) is 14.3 Å². The minimum Gasteiger partial charge on any atom is -0.480 e. The van der Waals surface area contributed by atoms with Gasteiger partial charge in [-0.2, -0.15) is 0 Å². The van der Waals surface area contributed by atoms with Crippen LogP contribution in [0.2, 0.25) is 0 Å². The van der Waals surface area contributed by atoms with E-state index < -0.39 is 23.5 Å². The van der Waals surface area contributed by atoms with Crippen molar-refractivity contribution in [1.82, 2.24) is 10.6 Å². The van der Waals surface area contributed by atoms with Crippen molar-refractivity contribution in [2.24, 2.45) is 5.92 Å². The van der Waals surface area contributed by atoms with Crippen LogP contribution in [0.1, 0.15) is 50.2 Å². The Kier molecular flexibility index (Phi) is 6.72. The first-order chi connectivity index (χ1) is 16.3. The fraction of sp³-hybridized carbons (Fsp3) is 0.370. The molecule has 4 rings (SSSR count). The second-order valence-corrected chi connectivity index (χ2v) is 9.15. The Bertz CT molecular complexity index is 1080. The molecule has 2 aromatic carbocycles. The lowest BCUT2D eigenvalue weighted by Gasteiger charge is -2.30. The topological polar surface area (TPSA) is 105 Å². The van der Waals surface area contributed by atoms with E-state index in [-0.39, 0.29) is 30.9 Å². The molecule has 3 N–H and O–H groups in total. The number of carbonyl (C=O) groups excluding carboxylic acids is 2. The van der Waals surface area contributed by atoms with Crippen LogP contribution in [0.3, 0.4) is 0 Å². The van der Waals surface area contributed by atoms with E-state index in [2.05, 4.69) is 34.9 Å². The number of hydrogen-bond donors (Lipinski definition) is 3. The highest BCUT2D eigenvalue weighted by atomic mass is 16.5. The van der Waals surface area contributed by atoms with Gasteiger partial charge < -0.3 is 20.5 Å². The first kappa shape index (κ1) is 23.5. The van der Waals surface area contributed by atoms with E-state index >= 15 is 0 Å². The maximum absolute atomic E-state index is 12.7. The van der Waals surface area contributed by atoms with Gasteiger partial charge in [0, 0.05) is 11.8 Å². The van der Waals surface area contributed by atoms with Gasteiger partial charge in [-0.3, -0.25) is 4.79 Å². The van der Waals surface area contributed by atoms with Gasteiger partial charge >= 0.3 is 12.1 Å². The lowest BCUT2D eigenvalue weighted by Crippen LogP contribution is -2.54. The number of alkyl carbamates (subject to hydrolysis) is 1. The monoisotopic (exact) mass is 462 g/mol. The number of rotatable bonds is 7. The Morgan fingerprint density at radius 2 is 1.68 bits per heavy atom. The molecule has 0 aromatic heterocycles. The first-order valence-corrected chi connectivity index (χ1v) is 11.7. The van der Waals surface area contributed by atoms with Crippen LogP contribution in [0, 0.1) is 5.92 Å². The largest absolute Gasteiger partial charge is 0.480 e. The van der Waals surface area contributed by atoms with E-state index in [1.165, 1.54) is 6.92 Å². The zero-order valence-electron chi connectivity index (χ0n) is 19.4. The molecular weight excluding hydrogens is 432 g/mol. The van der Waals surface area contributed by atoms with Gasteiger partial charge in [-0.05, 0) is 48.4 Å². The van der Waals surface area contributed by atoms with Crippen molar-refractivity contribution in [2.75, 3.05) is 6.61 Å². The van der Waals surface area contributed by atoms with Crippen molar-refractivity contribution in [3.63, 3.8) is 0 Å². The number of aliphatic carboxylic acids is 1. The Morgan fingerprint density at radius 3 is 2.26 bits per heavy atom. The molecule has 0 saturated carbocycles. The summed E-state index contributed by atoms with van der Waals surface area (Å²) in [6, 6.07) is 15.9. The van der Waals surface area contributed by atoms with Crippen LogP contribution in [-0.4, -0.2) is 41.3 Å². The molecule has 2 aliphatic carbocycles. The van der Waals surface area contributed by atoms with Gasteiger partial charge in [0.2, 0.25) is 5.91 Å². The number of amides is 2. The number of allylic oxidation sites excluding steroid dienone is 1. The van der Waals surface area contributed by atoms with E-state index in [1.54, 1.807) is 6.92 Å². The molecule has 7 nitrogen and oxygen atoms in total. The van der Waals surface area contributed by atoms with Gasteiger partial charge in [-0.15, -0.1) is 0 Å².